The number of aromatic nitrogens is 2. The number of amides is 1. The summed E-state index contributed by atoms with van der Waals surface area (Å²) in [6, 6.07) is 3.55. The van der Waals surface area contributed by atoms with Crippen LogP contribution >= 0.6 is 0 Å². The molecular formula is C15H14F3N3O3. The van der Waals surface area contributed by atoms with Crippen LogP contribution in [-0.2, 0) is 11.8 Å². The van der Waals surface area contributed by atoms with Gasteiger partial charge in [0.2, 0.25) is 0 Å². The quantitative estimate of drug-likeness (QED) is 0.849. The van der Waals surface area contributed by atoms with Gasteiger partial charge in [0.15, 0.2) is 0 Å². The molecule has 0 radical (unpaired) electrons. The maximum absolute atomic E-state index is 14.0. The number of para-hydroxylation sites is 1. The van der Waals surface area contributed by atoms with Crippen LogP contribution in [0.1, 0.15) is 39.8 Å². The number of ether oxygens (including phenoxy) is 1. The Balaban J connectivity index is 2.38. The highest BCUT2D eigenvalue weighted by molar-refractivity contribution is 6.08. The van der Waals surface area contributed by atoms with Crippen molar-refractivity contribution in [2.75, 3.05) is 11.9 Å². The standard InChI is InChI=1S/C15H14F3N3O3/c1-3-24-15(23)8-5-4-6-10(16)11(8)19-14(22)9-7-21(2)20-12(9)13(17)18/h4-7,13H,3H2,1-2H3,(H,19,22). The van der Waals surface area contributed by atoms with E-state index in [0.717, 1.165) is 16.9 Å². The first-order chi connectivity index (χ1) is 11.3. The van der Waals surface area contributed by atoms with Gasteiger partial charge in [-0.3, -0.25) is 9.48 Å². The van der Waals surface area contributed by atoms with E-state index in [1.165, 1.54) is 19.2 Å². The summed E-state index contributed by atoms with van der Waals surface area (Å²) in [5, 5.41) is 5.64. The van der Waals surface area contributed by atoms with Gasteiger partial charge >= 0.3 is 5.97 Å². The minimum absolute atomic E-state index is 0.0564. The average Bonchev–Trinajstić information content (AvgIpc) is 2.91. The molecule has 0 unspecified atom stereocenters. The molecule has 0 bridgehead atoms. The van der Waals surface area contributed by atoms with Gasteiger partial charge in [-0.05, 0) is 19.1 Å². The van der Waals surface area contributed by atoms with Crippen molar-refractivity contribution < 1.29 is 27.5 Å². The van der Waals surface area contributed by atoms with Gasteiger partial charge in [-0.25, -0.2) is 18.0 Å². The summed E-state index contributed by atoms with van der Waals surface area (Å²) >= 11 is 0. The second kappa shape index (κ2) is 7.16. The summed E-state index contributed by atoms with van der Waals surface area (Å²) in [7, 11) is 1.37. The fourth-order valence-electron chi connectivity index (χ4n) is 2.05. The maximum Gasteiger partial charge on any atom is 0.340 e. The number of esters is 1. The van der Waals surface area contributed by atoms with Crippen LogP contribution in [0.4, 0.5) is 18.9 Å². The molecule has 1 heterocycles. The molecule has 6 nitrogen and oxygen atoms in total. The molecular weight excluding hydrogens is 327 g/mol. The predicted molar refractivity (Wildman–Crippen MR) is 78.5 cm³/mol. The number of alkyl halides is 2. The Kier molecular flexibility index (Phi) is 5.22. The number of halogens is 3. The molecule has 0 aliphatic heterocycles. The van der Waals surface area contributed by atoms with Gasteiger partial charge in [-0.1, -0.05) is 6.07 Å². The van der Waals surface area contributed by atoms with Crippen molar-refractivity contribution in [1.82, 2.24) is 9.78 Å². The number of anilines is 1. The number of carbonyl (C=O) groups excluding carboxylic acids is 2. The number of nitrogens with zero attached hydrogens (tertiary/aromatic N) is 2. The Morgan fingerprint density at radius 2 is 2.04 bits per heavy atom. The molecule has 2 rings (SSSR count). The monoisotopic (exact) mass is 341 g/mol. The predicted octanol–water partition coefficient (Wildman–Crippen LogP) is 2.93. The lowest BCUT2D eigenvalue weighted by Crippen LogP contribution is -2.18. The zero-order valence-electron chi connectivity index (χ0n) is 12.8. The first-order valence-electron chi connectivity index (χ1n) is 6.93. The van der Waals surface area contributed by atoms with Crippen LogP contribution < -0.4 is 5.32 Å². The number of hydrogen-bond acceptors (Lipinski definition) is 4. The molecule has 0 spiro atoms. The Hall–Kier alpha value is -2.84. The highest BCUT2D eigenvalue weighted by Gasteiger charge is 2.25. The van der Waals surface area contributed by atoms with Crippen LogP contribution in [0.5, 0.6) is 0 Å². The van der Waals surface area contributed by atoms with E-state index in [2.05, 4.69) is 10.4 Å². The number of hydrogen-bond donors (Lipinski definition) is 1. The van der Waals surface area contributed by atoms with Crippen molar-refractivity contribution in [3.05, 3.63) is 47.0 Å². The highest BCUT2D eigenvalue weighted by Crippen LogP contribution is 2.25. The van der Waals surface area contributed by atoms with Crippen molar-refractivity contribution in [2.45, 2.75) is 13.3 Å². The van der Waals surface area contributed by atoms with E-state index in [-0.39, 0.29) is 12.2 Å². The topological polar surface area (TPSA) is 73.2 Å². The summed E-state index contributed by atoms with van der Waals surface area (Å²) in [4.78, 5) is 24.1. The highest BCUT2D eigenvalue weighted by atomic mass is 19.3. The van der Waals surface area contributed by atoms with Crippen molar-refractivity contribution in [1.29, 1.82) is 0 Å². The second-order valence-corrected chi connectivity index (χ2v) is 4.74. The summed E-state index contributed by atoms with van der Waals surface area (Å²) in [5.41, 5.74) is -1.80. The molecule has 1 N–H and O–H groups in total. The molecule has 0 saturated heterocycles. The molecule has 0 atom stereocenters. The van der Waals surface area contributed by atoms with Crippen molar-refractivity contribution in [3.8, 4) is 0 Å². The number of rotatable bonds is 5. The third-order valence-electron chi connectivity index (χ3n) is 3.06. The first-order valence-corrected chi connectivity index (χ1v) is 6.93. The van der Waals surface area contributed by atoms with E-state index >= 15 is 0 Å². The van der Waals surface area contributed by atoms with Crippen molar-refractivity contribution in [2.24, 2.45) is 7.05 Å². The molecule has 1 amide bonds. The maximum atomic E-state index is 14.0. The van der Waals surface area contributed by atoms with E-state index in [1.807, 2.05) is 0 Å². The lowest BCUT2D eigenvalue weighted by molar-refractivity contribution is 0.0527. The Morgan fingerprint density at radius 1 is 1.33 bits per heavy atom. The average molecular weight is 341 g/mol. The van der Waals surface area contributed by atoms with Gasteiger partial charge in [0.05, 0.1) is 23.4 Å². The number of carbonyl (C=O) groups is 2. The van der Waals surface area contributed by atoms with Crippen molar-refractivity contribution >= 4 is 17.6 Å². The SMILES string of the molecule is CCOC(=O)c1cccc(F)c1NC(=O)c1cn(C)nc1C(F)F. The fourth-order valence-corrected chi connectivity index (χ4v) is 2.05. The van der Waals surface area contributed by atoms with Crippen LogP contribution in [-0.4, -0.2) is 28.3 Å². The zero-order chi connectivity index (χ0) is 17.9. The lowest BCUT2D eigenvalue weighted by atomic mass is 10.1. The summed E-state index contributed by atoms with van der Waals surface area (Å²) in [6.45, 7) is 1.63. The van der Waals surface area contributed by atoms with E-state index in [9.17, 15) is 22.8 Å². The lowest BCUT2D eigenvalue weighted by Gasteiger charge is -2.11. The Morgan fingerprint density at radius 3 is 2.67 bits per heavy atom. The first kappa shape index (κ1) is 17.5. The molecule has 0 fully saturated rings. The van der Waals surface area contributed by atoms with Crippen LogP contribution in [0, 0.1) is 5.82 Å². The molecule has 1 aromatic carbocycles. The summed E-state index contributed by atoms with van der Waals surface area (Å²) in [6.07, 6.45) is -1.89. The smallest absolute Gasteiger partial charge is 0.340 e. The molecule has 0 saturated carbocycles. The van der Waals surface area contributed by atoms with Gasteiger partial charge in [0, 0.05) is 13.2 Å². The normalized spacial score (nSPS) is 10.8. The molecule has 0 aliphatic carbocycles. The summed E-state index contributed by atoms with van der Waals surface area (Å²) < 4.78 is 45.7. The molecule has 24 heavy (non-hydrogen) atoms. The molecule has 1 aromatic heterocycles. The van der Waals surface area contributed by atoms with Gasteiger partial charge in [-0.2, -0.15) is 5.10 Å². The van der Waals surface area contributed by atoms with Gasteiger partial charge in [-0.15, -0.1) is 0 Å². The molecule has 0 aliphatic rings. The number of nitrogens with one attached hydrogen (secondary N) is 1. The van der Waals surface area contributed by atoms with Crippen LogP contribution in [0.15, 0.2) is 24.4 Å². The van der Waals surface area contributed by atoms with Gasteiger partial charge in [0.1, 0.15) is 11.5 Å². The Labute approximate surface area is 135 Å². The van der Waals surface area contributed by atoms with E-state index in [0.29, 0.717) is 0 Å². The minimum Gasteiger partial charge on any atom is -0.462 e. The van der Waals surface area contributed by atoms with Crippen LogP contribution in [0.25, 0.3) is 0 Å². The molecule has 128 valence electrons. The number of benzene rings is 1. The largest absolute Gasteiger partial charge is 0.462 e. The van der Waals surface area contributed by atoms with E-state index in [4.69, 9.17) is 4.74 Å². The zero-order valence-corrected chi connectivity index (χ0v) is 12.8. The van der Waals surface area contributed by atoms with Gasteiger partial charge in [0.25, 0.3) is 12.3 Å². The summed E-state index contributed by atoms with van der Waals surface area (Å²) in [5.74, 6) is -2.74. The van der Waals surface area contributed by atoms with E-state index in [1.54, 1.807) is 6.92 Å². The van der Waals surface area contributed by atoms with Crippen molar-refractivity contribution in [3.63, 3.8) is 0 Å². The van der Waals surface area contributed by atoms with Gasteiger partial charge < -0.3 is 10.1 Å². The van der Waals surface area contributed by atoms with Crippen LogP contribution in [0.2, 0.25) is 0 Å². The molecule has 2 aromatic rings. The van der Waals surface area contributed by atoms with E-state index < -0.39 is 41.1 Å². The third kappa shape index (κ3) is 3.55. The number of aryl methyl sites for hydroxylation is 1. The third-order valence-corrected chi connectivity index (χ3v) is 3.06. The van der Waals surface area contributed by atoms with Crippen LogP contribution in [0.3, 0.4) is 0 Å². The second-order valence-electron chi connectivity index (χ2n) is 4.74. The Bertz CT molecular complexity index is 775. The fraction of sp³-hybridized carbons (Fsp3) is 0.267. The molecule has 9 heteroatoms. The minimum atomic E-state index is -2.97.